The second-order valence-electron chi connectivity index (χ2n) is 7.88. The van der Waals surface area contributed by atoms with Crippen molar-refractivity contribution in [3.63, 3.8) is 0 Å². The van der Waals surface area contributed by atoms with E-state index in [0.29, 0.717) is 6.42 Å². The first-order valence-corrected chi connectivity index (χ1v) is 9.69. The van der Waals surface area contributed by atoms with Gasteiger partial charge in [-0.15, -0.1) is 0 Å². The van der Waals surface area contributed by atoms with Gasteiger partial charge in [-0.1, -0.05) is 43.9 Å². The van der Waals surface area contributed by atoms with Crippen LogP contribution in [0, 0.1) is 15.5 Å². The number of nitrogens with zero attached hydrogens (tertiary/aromatic N) is 1. The molecule has 0 spiro atoms. The predicted molar refractivity (Wildman–Crippen MR) is 98.8 cm³/mol. The summed E-state index contributed by atoms with van der Waals surface area (Å²) in [4.78, 5) is 23.0. The molecule has 2 fully saturated rings. The lowest BCUT2D eigenvalue weighted by molar-refractivity contribution is -0.385. The Hall–Kier alpha value is -2.11. The number of nitrogens with two attached hydrogens (primary N) is 1. The van der Waals surface area contributed by atoms with Gasteiger partial charge in [0, 0.05) is 17.0 Å². The van der Waals surface area contributed by atoms with E-state index < -0.39 is 11.7 Å². The summed E-state index contributed by atoms with van der Waals surface area (Å²) in [7, 11) is 0. The van der Waals surface area contributed by atoms with Gasteiger partial charge in [-0.2, -0.15) is 0 Å². The van der Waals surface area contributed by atoms with Crippen molar-refractivity contribution in [1.29, 1.82) is 0 Å². The molecule has 2 N–H and O–H groups in total. The van der Waals surface area contributed by atoms with Crippen LogP contribution in [0.25, 0.3) is 0 Å². The number of amides is 1. The Balaban J connectivity index is 2.03. The zero-order valence-corrected chi connectivity index (χ0v) is 15.2. The maximum Gasteiger partial charge on any atom is 0.405 e. The average Bonchev–Trinajstić information content (AvgIpc) is 2.63. The molecule has 26 heavy (non-hydrogen) atoms. The van der Waals surface area contributed by atoms with E-state index in [1.807, 2.05) is 12.1 Å². The zero-order chi connectivity index (χ0) is 18.6. The summed E-state index contributed by atoms with van der Waals surface area (Å²) in [5, 5.41) is 11.5. The fourth-order valence-corrected chi connectivity index (χ4v) is 5.28. The topological polar surface area (TPSA) is 95.5 Å². The first kappa shape index (κ1) is 18.7. The van der Waals surface area contributed by atoms with Crippen LogP contribution in [-0.2, 0) is 11.2 Å². The van der Waals surface area contributed by atoms with E-state index in [2.05, 4.69) is 0 Å². The Morgan fingerprint density at radius 3 is 2.19 bits per heavy atom. The highest BCUT2D eigenvalue weighted by Gasteiger charge is 2.54. The zero-order valence-electron chi connectivity index (χ0n) is 15.2. The number of hydrogen-bond donors (Lipinski definition) is 1. The number of para-hydroxylation sites is 1. The minimum absolute atomic E-state index is 0.155. The third-order valence-corrected chi connectivity index (χ3v) is 6.45. The lowest BCUT2D eigenvalue weighted by Crippen LogP contribution is -2.55. The number of nitro groups is 1. The number of carbonyl (C=O) groups excluding carboxylic acids is 1. The van der Waals surface area contributed by atoms with Crippen molar-refractivity contribution in [3.8, 4) is 0 Å². The number of ether oxygens (including phenoxy) is 1. The van der Waals surface area contributed by atoms with Gasteiger partial charge in [-0.3, -0.25) is 10.1 Å². The van der Waals surface area contributed by atoms with Crippen LogP contribution in [0.4, 0.5) is 10.5 Å². The van der Waals surface area contributed by atoms with Crippen molar-refractivity contribution in [3.05, 3.63) is 39.9 Å². The van der Waals surface area contributed by atoms with Crippen LogP contribution in [0.1, 0.15) is 69.8 Å². The molecule has 2 aliphatic carbocycles. The molecule has 1 aromatic rings. The third-order valence-electron chi connectivity index (χ3n) is 6.45. The SMILES string of the molecule is NC(=O)OC1(C2(Cc3ccccc3[N+](=O)[O-])CCCCC2)CCCCC1. The smallest absolute Gasteiger partial charge is 0.405 e. The molecular weight excluding hydrogens is 332 g/mol. The van der Waals surface area contributed by atoms with Crippen LogP contribution in [0.3, 0.4) is 0 Å². The van der Waals surface area contributed by atoms with Crippen molar-refractivity contribution >= 4 is 11.8 Å². The summed E-state index contributed by atoms with van der Waals surface area (Å²) in [6, 6.07) is 6.95. The van der Waals surface area contributed by atoms with E-state index >= 15 is 0 Å². The van der Waals surface area contributed by atoms with Crippen molar-refractivity contribution in [1.82, 2.24) is 0 Å². The van der Waals surface area contributed by atoms with Crippen LogP contribution in [0.15, 0.2) is 24.3 Å². The predicted octanol–water partition coefficient (Wildman–Crippen LogP) is 4.89. The average molecular weight is 360 g/mol. The summed E-state index contributed by atoms with van der Waals surface area (Å²) in [5.41, 5.74) is 5.50. The molecule has 2 saturated carbocycles. The first-order valence-electron chi connectivity index (χ1n) is 9.69. The highest BCUT2D eigenvalue weighted by atomic mass is 16.6. The molecule has 0 unspecified atom stereocenters. The Kier molecular flexibility index (Phi) is 5.49. The van der Waals surface area contributed by atoms with Crippen molar-refractivity contribution in [2.45, 2.75) is 76.2 Å². The molecule has 142 valence electrons. The highest BCUT2D eigenvalue weighted by molar-refractivity contribution is 5.65. The highest BCUT2D eigenvalue weighted by Crippen LogP contribution is 2.55. The number of nitro benzene ring substituents is 1. The van der Waals surface area contributed by atoms with Gasteiger partial charge in [-0.05, 0) is 44.9 Å². The van der Waals surface area contributed by atoms with Crippen molar-refractivity contribution in [2.24, 2.45) is 11.1 Å². The lowest BCUT2D eigenvalue weighted by atomic mass is 9.56. The van der Waals surface area contributed by atoms with E-state index in [9.17, 15) is 14.9 Å². The molecule has 0 aromatic heterocycles. The molecule has 3 rings (SSSR count). The van der Waals surface area contributed by atoms with Gasteiger partial charge in [0.25, 0.3) is 5.69 Å². The minimum atomic E-state index is -0.723. The third kappa shape index (κ3) is 3.55. The standard InChI is InChI=1S/C20H28N2O4/c21-18(23)26-20(13-7-2-8-14-20)19(11-5-1-6-12-19)15-16-9-3-4-10-17(16)22(24)25/h3-4,9-10H,1-2,5-8,11-15H2,(H2,21,23). The fraction of sp³-hybridized carbons (Fsp3) is 0.650. The van der Waals surface area contributed by atoms with Crippen LogP contribution in [0.2, 0.25) is 0 Å². The van der Waals surface area contributed by atoms with Crippen LogP contribution >= 0.6 is 0 Å². The van der Waals surface area contributed by atoms with E-state index in [-0.39, 0.29) is 16.0 Å². The molecule has 1 aromatic carbocycles. The van der Waals surface area contributed by atoms with E-state index in [1.165, 1.54) is 0 Å². The molecular formula is C20H28N2O4. The monoisotopic (exact) mass is 360 g/mol. The molecule has 0 heterocycles. The largest absolute Gasteiger partial charge is 0.442 e. The minimum Gasteiger partial charge on any atom is -0.442 e. The van der Waals surface area contributed by atoms with Gasteiger partial charge in [0.2, 0.25) is 0 Å². The van der Waals surface area contributed by atoms with E-state index in [0.717, 1.165) is 69.8 Å². The van der Waals surface area contributed by atoms with Gasteiger partial charge < -0.3 is 10.5 Å². The summed E-state index contributed by atoms with van der Waals surface area (Å²) in [6.45, 7) is 0. The van der Waals surface area contributed by atoms with Crippen LogP contribution in [-0.4, -0.2) is 16.6 Å². The Morgan fingerprint density at radius 1 is 1.04 bits per heavy atom. The molecule has 6 nitrogen and oxygen atoms in total. The molecule has 6 heteroatoms. The Labute approximate surface area is 154 Å². The molecule has 0 atom stereocenters. The number of primary amides is 1. The maximum absolute atomic E-state index is 11.8. The number of hydrogen-bond acceptors (Lipinski definition) is 4. The quantitative estimate of drug-likeness (QED) is 0.597. The maximum atomic E-state index is 11.8. The molecule has 1 amide bonds. The Bertz CT molecular complexity index is 662. The molecule has 0 radical (unpaired) electrons. The van der Waals surface area contributed by atoms with Gasteiger partial charge >= 0.3 is 6.09 Å². The van der Waals surface area contributed by atoms with Gasteiger partial charge in [0.15, 0.2) is 0 Å². The molecule has 2 aliphatic rings. The second kappa shape index (κ2) is 7.64. The number of rotatable bonds is 5. The van der Waals surface area contributed by atoms with Gasteiger partial charge in [0.05, 0.1) is 4.92 Å². The number of carbonyl (C=O) groups is 1. The van der Waals surface area contributed by atoms with Crippen LogP contribution < -0.4 is 5.73 Å². The van der Waals surface area contributed by atoms with Gasteiger partial charge in [0.1, 0.15) is 5.60 Å². The first-order chi connectivity index (χ1) is 12.5. The van der Waals surface area contributed by atoms with E-state index in [1.54, 1.807) is 12.1 Å². The summed E-state index contributed by atoms with van der Waals surface area (Å²) in [6.07, 6.45) is 9.71. The second-order valence-corrected chi connectivity index (χ2v) is 7.88. The fourth-order valence-electron chi connectivity index (χ4n) is 5.28. The summed E-state index contributed by atoms with van der Waals surface area (Å²) < 4.78 is 5.86. The lowest BCUT2D eigenvalue weighted by Gasteiger charge is -2.53. The molecule has 0 saturated heterocycles. The summed E-state index contributed by atoms with van der Waals surface area (Å²) >= 11 is 0. The van der Waals surface area contributed by atoms with Crippen molar-refractivity contribution < 1.29 is 14.5 Å². The molecule has 0 bridgehead atoms. The van der Waals surface area contributed by atoms with Crippen LogP contribution in [0.5, 0.6) is 0 Å². The Morgan fingerprint density at radius 2 is 1.62 bits per heavy atom. The molecule has 0 aliphatic heterocycles. The number of benzene rings is 1. The normalized spacial score (nSPS) is 21.7. The van der Waals surface area contributed by atoms with E-state index in [4.69, 9.17) is 10.5 Å². The summed E-state index contributed by atoms with van der Waals surface area (Å²) in [5.74, 6) is 0. The van der Waals surface area contributed by atoms with Gasteiger partial charge in [-0.25, -0.2) is 4.79 Å². The van der Waals surface area contributed by atoms with Crippen molar-refractivity contribution in [2.75, 3.05) is 0 Å².